The van der Waals surface area contributed by atoms with Gasteiger partial charge in [-0.25, -0.2) is 9.37 Å². The summed E-state index contributed by atoms with van der Waals surface area (Å²) in [6.07, 6.45) is 2.10. The van der Waals surface area contributed by atoms with Gasteiger partial charge in [0.25, 0.3) is 5.91 Å². The molecule has 2 atom stereocenters. The molecule has 8 heteroatoms. The number of halogens is 3. The predicted molar refractivity (Wildman–Crippen MR) is 107 cm³/mol. The third-order valence-electron chi connectivity index (χ3n) is 5.13. The van der Waals surface area contributed by atoms with E-state index in [-0.39, 0.29) is 36.5 Å². The van der Waals surface area contributed by atoms with E-state index in [1.807, 2.05) is 4.90 Å². The molecule has 4 nitrogen and oxygen atoms in total. The molecule has 3 heterocycles. The highest BCUT2D eigenvalue weighted by Gasteiger charge is 2.32. The summed E-state index contributed by atoms with van der Waals surface area (Å²) >= 11 is 1.32. The Hall–Kier alpha value is -1.21. The van der Waals surface area contributed by atoms with Crippen LogP contribution in [0.25, 0.3) is 10.6 Å². The van der Waals surface area contributed by atoms with Gasteiger partial charge < -0.3 is 10.2 Å². The molecule has 0 saturated carbocycles. The lowest BCUT2D eigenvalue weighted by molar-refractivity contribution is 0.0753. The first-order valence-electron chi connectivity index (χ1n) is 8.43. The summed E-state index contributed by atoms with van der Waals surface area (Å²) in [7, 11) is 0. The van der Waals surface area contributed by atoms with Gasteiger partial charge in [0, 0.05) is 24.0 Å². The standard InChI is InChI=1S/C18H20FN3OS.2ClH/c19-15-4-2-1-3-14(15)17-21-16(11-24-17)18(23)22-7-5-12-9-20-10-13(12)6-8-22;;/h1-4,11-13,20H,5-10H2;2*1H/t12-,13+;;. The molecule has 2 aromatic rings. The Kier molecular flexibility index (Phi) is 7.41. The van der Waals surface area contributed by atoms with Gasteiger partial charge in [-0.05, 0) is 49.9 Å². The predicted octanol–water partition coefficient (Wildman–Crippen LogP) is 3.86. The fraction of sp³-hybridized carbons (Fsp3) is 0.444. The Morgan fingerprint density at radius 3 is 2.46 bits per heavy atom. The van der Waals surface area contributed by atoms with Crippen molar-refractivity contribution in [2.75, 3.05) is 26.2 Å². The largest absolute Gasteiger partial charge is 0.337 e. The smallest absolute Gasteiger partial charge is 0.273 e. The zero-order chi connectivity index (χ0) is 16.5. The summed E-state index contributed by atoms with van der Waals surface area (Å²) in [5.74, 6) is 1.04. The minimum absolute atomic E-state index is 0. The zero-order valence-corrected chi connectivity index (χ0v) is 16.6. The lowest BCUT2D eigenvalue weighted by Crippen LogP contribution is -2.33. The van der Waals surface area contributed by atoms with Gasteiger partial charge in [0.05, 0.1) is 0 Å². The lowest BCUT2D eigenvalue weighted by Gasteiger charge is -2.19. The number of fused-ring (bicyclic) bond motifs is 1. The summed E-state index contributed by atoms with van der Waals surface area (Å²) in [6, 6.07) is 6.55. The van der Waals surface area contributed by atoms with E-state index < -0.39 is 0 Å². The van der Waals surface area contributed by atoms with Gasteiger partial charge in [-0.15, -0.1) is 36.2 Å². The van der Waals surface area contributed by atoms with E-state index in [0.29, 0.717) is 28.1 Å². The van der Waals surface area contributed by atoms with Crippen molar-refractivity contribution < 1.29 is 9.18 Å². The summed E-state index contributed by atoms with van der Waals surface area (Å²) in [5.41, 5.74) is 0.890. The third-order valence-corrected chi connectivity index (χ3v) is 6.01. The number of rotatable bonds is 2. The van der Waals surface area contributed by atoms with E-state index >= 15 is 0 Å². The Labute approximate surface area is 169 Å². The van der Waals surface area contributed by atoms with Crippen molar-refractivity contribution in [3.63, 3.8) is 0 Å². The Morgan fingerprint density at radius 1 is 1.15 bits per heavy atom. The molecule has 0 spiro atoms. The van der Waals surface area contributed by atoms with Crippen LogP contribution < -0.4 is 5.32 Å². The first kappa shape index (κ1) is 21.1. The van der Waals surface area contributed by atoms with Crippen LogP contribution in [0.1, 0.15) is 23.3 Å². The van der Waals surface area contributed by atoms with Crippen LogP contribution in [0, 0.1) is 17.7 Å². The van der Waals surface area contributed by atoms with Crippen molar-refractivity contribution in [1.82, 2.24) is 15.2 Å². The van der Waals surface area contributed by atoms with Crippen molar-refractivity contribution in [2.24, 2.45) is 11.8 Å². The number of carbonyl (C=O) groups excluding carboxylic acids is 1. The topological polar surface area (TPSA) is 45.2 Å². The van der Waals surface area contributed by atoms with Gasteiger partial charge in [0.2, 0.25) is 0 Å². The molecule has 0 radical (unpaired) electrons. The number of carbonyl (C=O) groups is 1. The van der Waals surface area contributed by atoms with E-state index in [2.05, 4.69) is 10.3 Å². The number of amides is 1. The number of hydrogen-bond donors (Lipinski definition) is 1. The maximum atomic E-state index is 13.9. The van der Waals surface area contributed by atoms with E-state index in [1.165, 1.54) is 17.4 Å². The highest BCUT2D eigenvalue weighted by Crippen LogP contribution is 2.29. The van der Waals surface area contributed by atoms with Crippen LogP contribution in [-0.2, 0) is 0 Å². The summed E-state index contributed by atoms with van der Waals surface area (Å²) in [4.78, 5) is 19.1. The molecule has 0 bridgehead atoms. The van der Waals surface area contributed by atoms with Gasteiger partial charge in [-0.1, -0.05) is 12.1 Å². The fourth-order valence-electron chi connectivity index (χ4n) is 3.71. The molecule has 1 aromatic heterocycles. The van der Waals surface area contributed by atoms with Gasteiger partial charge in [0.15, 0.2) is 0 Å². The number of hydrogen-bond acceptors (Lipinski definition) is 4. The number of aromatic nitrogens is 1. The molecule has 2 saturated heterocycles. The van der Waals surface area contributed by atoms with Crippen molar-refractivity contribution >= 4 is 42.1 Å². The molecule has 2 aliphatic rings. The van der Waals surface area contributed by atoms with Crippen molar-refractivity contribution in [1.29, 1.82) is 0 Å². The number of thiazole rings is 1. The molecule has 1 aromatic carbocycles. The summed E-state index contributed by atoms with van der Waals surface area (Å²) < 4.78 is 13.9. The number of nitrogens with zero attached hydrogens (tertiary/aromatic N) is 2. The molecule has 2 aliphatic heterocycles. The minimum Gasteiger partial charge on any atom is -0.337 e. The van der Waals surface area contributed by atoms with Crippen molar-refractivity contribution in [2.45, 2.75) is 12.8 Å². The first-order chi connectivity index (χ1) is 11.7. The molecular weight excluding hydrogens is 396 g/mol. The first-order valence-corrected chi connectivity index (χ1v) is 9.31. The Morgan fingerprint density at radius 2 is 1.81 bits per heavy atom. The number of nitrogens with one attached hydrogen (secondary N) is 1. The molecule has 26 heavy (non-hydrogen) atoms. The van der Waals surface area contributed by atoms with Crippen LogP contribution >= 0.6 is 36.2 Å². The molecule has 1 N–H and O–H groups in total. The van der Waals surface area contributed by atoms with Crippen molar-refractivity contribution in [3.8, 4) is 10.6 Å². The highest BCUT2D eigenvalue weighted by molar-refractivity contribution is 7.13. The van der Waals surface area contributed by atoms with Crippen LogP contribution in [0.5, 0.6) is 0 Å². The van der Waals surface area contributed by atoms with Crippen LogP contribution in [-0.4, -0.2) is 42.0 Å². The van der Waals surface area contributed by atoms with Gasteiger partial charge in [0.1, 0.15) is 16.5 Å². The summed E-state index contributed by atoms with van der Waals surface area (Å²) in [5, 5.41) is 5.75. The van der Waals surface area contributed by atoms with Crippen LogP contribution in [0.15, 0.2) is 29.6 Å². The molecule has 0 aliphatic carbocycles. The van der Waals surface area contributed by atoms with Crippen LogP contribution in [0.3, 0.4) is 0 Å². The average molecular weight is 418 g/mol. The van der Waals surface area contributed by atoms with Gasteiger partial charge >= 0.3 is 0 Å². The minimum atomic E-state index is -0.305. The lowest BCUT2D eigenvalue weighted by atomic mass is 9.92. The Bertz CT molecular complexity index is 744. The highest BCUT2D eigenvalue weighted by atomic mass is 35.5. The molecule has 142 valence electrons. The second kappa shape index (κ2) is 9.13. The molecule has 1 amide bonds. The normalized spacial score (nSPS) is 22.0. The fourth-order valence-corrected chi connectivity index (χ4v) is 4.53. The van der Waals surface area contributed by atoms with Gasteiger partial charge in [-0.2, -0.15) is 0 Å². The van der Waals surface area contributed by atoms with Gasteiger partial charge in [-0.3, -0.25) is 4.79 Å². The van der Waals surface area contributed by atoms with E-state index in [4.69, 9.17) is 0 Å². The number of likely N-dealkylation sites (tertiary alicyclic amines) is 1. The third kappa shape index (κ3) is 4.19. The second-order valence-electron chi connectivity index (χ2n) is 6.57. The Balaban J connectivity index is 0.00000121. The SMILES string of the molecule is Cl.Cl.O=C(c1csc(-c2ccccc2F)n1)N1CC[C@@H]2CNC[C@@H]2CC1. The second-order valence-corrected chi connectivity index (χ2v) is 7.42. The van der Waals surface area contributed by atoms with Crippen LogP contribution in [0.4, 0.5) is 4.39 Å². The molecular formula is C18H22Cl2FN3OS. The average Bonchev–Trinajstić information content (AvgIpc) is 3.21. The molecule has 2 fully saturated rings. The van der Waals surface area contributed by atoms with E-state index in [0.717, 1.165) is 39.0 Å². The molecule has 0 unspecified atom stereocenters. The monoisotopic (exact) mass is 417 g/mol. The quantitative estimate of drug-likeness (QED) is 0.806. The molecule has 4 rings (SSSR count). The maximum absolute atomic E-state index is 13.9. The zero-order valence-electron chi connectivity index (χ0n) is 14.2. The summed E-state index contributed by atoms with van der Waals surface area (Å²) in [6.45, 7) is 3.71. The van der Waals surface area contributed by atoms with Crippen molar-refractivity contribution in [3.05, 3.63) is 41.2 Å². The van der Waals surface area contributed by atoms with Crippen LogP contribution in [0.2, 0.25) is 0 Å². The number of benzene rings is 1. The maximum Gasteiger partial charge on any atom is 0.273 e. The van der Waals surface area contributed by atoms with E-state index in [9.17, 15) is 9.18 Å². The van der Waals surface area contributed by atoms with E-state index in [1.54, 1.807) is 23.6 Å².